The number of rotatable bonds is 2. The molecule has 1 aromatic heterocycles. The molecule has 0 aliphatic rings. The zero-order chi connectivity index (χ0) is 14.2. The number of imidazole rings is 1. The molecule has 0 fully saturated rings. The molecule has 2 N–H and O–H groups in total. The van der Waals surface area contributed by atoms with Crippen molar-refractivity contribution >= 4 is 0 Å². The summed E-state index contributed by atoms with van der Waals surface area (Å²) in [5.41, 5.74) is 6.95. The summed E-state index contributed by atoms with van der Waals surface area (Å²) in [6.07, 6.45) is -1.33. The fraction of sp³-hybridized carbons (Fsp3) is 0.308. The minimum atomic E-state index is -4.36. The molecular formula is C13H14F3N3. The highest BCUT2D eigenvalue weighted by Gasteiger charge is 2.31. The second-order valence-electron chi connectivity index (χ2n) is 4.48. The van der Waals surface area contributed by atoms with E-state index in [0.717, 1.165) is 17.7 Å². The lowest BCUT2D eigenvalue weighted by atomic mass is 10.1. The van der Waals surface area contributed by atoms with Crippen LogP contribution in [0.2, 0.25) is 0 Å². The molecule has 1 aromatic carbocycles. The summed E-state index contributed by atoms with van der Waals surface area (Å²) in [5.74, 6) is 0. The van der Waals surface area contributed by atoms with Crippen molar-refractivity contribution in [1.29, 1.82) is 0 Å². The number of alkyl halides is 3. The van der Waals surface area contributed by atoms with Gasteiger partial charge in [-0.3, -0.25) is 0 Å². The zero-order valence-corrected chi connectivity index (χ0v) is 10.6. The summed E-state index contributed by atoms with van der Waals surface area (Å²) in [5, 5.41) is 0. The summed E-state index contributed by atoms with van der Waals surface area (Å²) >= 11 is 0. The molecule has 0 radical (unpaired) electrons. The van der Waals surface area contributed by atoms with Gasteiger partial charge in [0, 0.05) is 6.04 Å². The van der Waals surface area contributed by atoms with E-state index in [9.17, 15) is 13.2 Å². The first-order valence-electron chi connectivity index (χ1n) is 5.76. The lowest BCUT2D eigenvalue weighted by Gasteiger charge is -2.15. The zero-order valence-electron chi connectivity index (χ0n) is 10.6. The fourth-order valence-electron chi connectivity index (χ4n) is 1.89. The van der Waals surface area contributed by atoms with E-state index in [1.54, 1.807) is 24.6 Å². The van der Waals surface area contributed by atoms with Crippen molar-refractivity contribution in [2.45, 2.75) is 26.1 Å². The van der Waals surface area contributed by atoms with Crippen LogP contribution in [0.5, 0.6) is 0 Å². The normalized spacial score (nSPS) is 13.6. The molecule has 0 bridgehead atoms. The van der Waals surface area contributed by atoms with Gasteiger partial charge in [0.15, 0.2) is 0 Å². The van der Waals surface area contributed by atoms with Crippen molar-refractivity contribution in [1.82, 2.24) is 9.55 Å². The average Bonchev–Trinajstić information content (AvgIpc) is 2.76. The Balaban J connectivity index is 2.58. The van der Waals surface area contributed by atoms with E-state index in [1.807, 2.05) is 0 Å². The van der Waals surface area contributed by atoms with E-state index < -0.39 is 11.7 Å². The second kappa shape index (κ2) is 4.70. The summed E-state index contributed by atoms with van der Waals surface area (Å²) in [6, 6.07) is 3.32. The largest absolute Gasteiger partial charge is 0.416 e. The first-order chi connectivity index (χ1) is 8.80. The van der Waals surface area contributed by atoms with Gasteiger partial charge < -0.3 is 10.3 Å². The second-order valence-corrected chi connectivity index (χ2v) is 4.48. The van der Waals surface area contributed by atoms with Gasteiger partial charge in [-0.05, 0) is 31.5 Å². The number of aryl methyl sites for hydroxylation is 1. The van der Waals surface area contributed by atoms with Gasteiger partial charge in [0.05, 0.1) is 29.5 Å². The quantitative estimate of drug-likeness (QED) is 0.909. The van der Waals surface area contributed by atoms with E-state index in [2.05, 4.69) is 4.98 Å². The molecule has 0 saturated carbocycles. The summed E-state index contributed by atoms with van der Waals surface area (Å²) < 4.78 is 39.8. The number of nitrogens with two attached hydrogens (primary N) is 1. The van der Waals surface area contributed by atoms with E-state index in [1.165, 1.54) is 12.4 Å². The lowest BCUT2D eigenvalue weighted by molar-refractivity contribution is -0.137. The SMILES string of the molecule is Cc1ccc(C(F)(F)F)cc1-n1cncc1C(C)N. The number of aromatic nitrogens is 2. The smallest absolute Gasteiger partial charge is 0.323 e. The number of benzene rings is 1. The molecule has 102 valence electrons. The van der Waals surface area contributed by atoms with Crippen LogP contribution in [-0.2, 0) is 6.18 Å². The first-order valence-corrected chi connectivity index (χ1v) is 5.76. The van der Waals surface area contributed by atoms with Gasteiger partial charge in [-0.25, -0.2) is 4.98 Å². The minimum Gasteiger partial charge on any atom is -0.323 e. The Morgan fingerprint density at radius 1 is 1.32 bits per heavy atom. The molecule has 1 heterocycles. The van der Waals surface area contributed by atoms with Crippen LogP contribution in [0.25, 0.3) is 5.69 Å². The molecule has 0 spiro atoms. The fourth-order valence-corrected chi connectivity index (χ4v) is 1.89. The highest BCUT2D eigenvalue weighted by atomic mass is 19.4. The van der Waals surface area contributed by atoms with E-state index in [-0.39, 0.29) is 6.04 Å². The molecular weight excluding hydrogens is 255 g/mol. The third kappa shape index (κ3) is 2.63. The van der Waals surface area contributed by atoms with Crippen LogP contribution >= 0.6 is 0 Å². The first kappa shape index (κ1) is 13.6. The molecule has 6 heteroatoms. The molecule has 1 atom stereocenters. The van der Waals surface area contributed by atoms with Crippen LogP contribution in [0, 0.1) is 6.92 Å². The Labute approximate surface area is 108 Å². The number of hydrogen-bond donors (Lipinski definition) is 1. The van der Waals surface area contributed by atoms with Crippen molar-refractivity contribution < 1.29 is 13.2 Å². The van der Waals surface area contributed by atoms with Crippen LogP contribution in [0.15, 0.2) is 30.7 Å². The predicted molar refractivity (Wildman–Crippen MR) is 65.9 cm³/mol. The molecule has 0 aliphatic carbocycles. The maximum atomic E-state index is 12.8. The van der Waals surface area contributed by atoms with E-state index in [0.29, 0.717) is 11.4 Å². The van der Waals surface area contributed by atoms with Gasteiger partial charge in [0.1, 0.15) is 0 Å². The van der Waals surface area contributed by atoms with Crippen molar-refractivity contribution in [3.8, 4) is 5.69 Å². The molecule has 19 heavy (non-hydrogen) atoms. The molecule has 2 rings (SSSR count). The van der Waals surface area contributed by atoms with Crippen LogP contribution in [0.1, 0.15) is 29.8 Å². The number of halogens is 3. The molecule has 0 saturated heterocycles. The van der Waals surface area contributed by atoms with Gasteiger partial charge >= 0.3 is 6.18 Å². The Kier molecular flexibility index (Phi) is 3.36. The molecule has 0 amide bonds. The Hall–Kier alpha value is -1.82. The van der Waals surface area contributed by atoms with Crippen LogP contribution in [-0.4, -0.2) is 9.55 Å². The summed E-state index contributed by atoms with van der Waals surface area (Å²) in [4.78, 5) is 3.95. The Morgan fingerprint density at radius 3 is 2.58 bits per heavy atom. The van der Waals surface area contributed by atoms with Gasteiger partial charge in [-0.1, -0.05) is 6.07 Å². The molecule has 0 aliphatic heterocycles. The van der Waals surface area contributed by atoms with Gasteiger partial charge in [-0.15, -0.1) is 0 Å². The minimum absolute atomic E-state index is 0.309. The third-order valence-electron chi connectivity index (χ3n) is 2.93. The van der Waals surface area contributed by atoms with Crippen LogP contribution in [0.4, 0.5) is 13.2 Å². The number of nitrogens with zero attached hydrogens (tertiary/aromatic N) is 2. The average molecular weight is 269 g/mol. The molecule has 2 aromatic rings. The maximum Gasteiger partial charge on any atom is 0.416 e. The van der Waals surface area contributed by atoms with Gasteiger partial charge in [-0.2, -0.15) is 13.2 Å². The monoisotopic (exact) mass is 269 g/mol. The summed E-state index contributed by atoms with van der Waals surface area (Å²) in [6.45, 7) is 3.51. The van der Waals surface area contributed by atoms with Crippen molar-refractivity contribution in [2.24, 2.45) is 5.73 Å². The maximum absolute atomic E-state index is 12.8. The van der Waals surface area contributed by atoms with E-state index in [4.69, 9.17) is 5.73 Å². The summed E-state index contributed by atoms with van der Waals surface area (Å²) in [7, 11) is 0. The van der Waals surface area contributed by atoms with Crippen molar-refractivity contribution in [3.63, 3.8) is 0 Å². The Morgan fingerprint density at radius 2 is 2.00 bits per heavy atom. The Bertz CT molecular complexity index is 585. The van der Waals surface area contributed by atoms with Gasteiger partial charge in [0.2, 0.25) is 0 Å². The number of hydrogen-bond acceptors (Lipinski definition) is 2. The highest BCUT2D eigenvalue weighted by molar-refractivity contribution is 5.45. The van der Waals surface area contributed by atoms with Gasteiger partial charge in [0.25, 0.3) is 0 Å². The molecule has 3 nitrogen and oxygen atoms in total. The topological polar surface area (TPSA) is 43.8 Å². The van der Waals surface area contributed by atoms with E-state index >= 15 is 0 Å². The molecule has 1 unspecified atom stereocenters. The highest BCUT2D eigenvalue weighted by Crippen LogP contribution is 2.32. The standard InChI is InChI=1S/C13H14F3N3/c1-8-3-4-10(13(14,15)16)5-11(8)19-7-18-6-12(19)9(2)17/h3-7,9H,17H2,1-2H3. The lowest BCUT2D eigenvalue weighted by Crippen LogP contribution is -2.12. The predicted octanol–water partition coefficient (Wildman–Crippen LogP) is 3.22. The van der Waals surface area contributed by atoms with Crippen molar-refractivity contribution in [2.75, 3.05) is 0 Å². The van der Waals surface area contributed by atoms with Crippen molar-refractivity contribution in [3.05, 3.63) is 47.5 Å². The van der Waals surface area contributed by atoms with Crippen LogP contribution < -0.4 is 5.73 Å². The third-order valence-corrected chi connectivity index (χ3v) is 2.93. The van der Waals surface area contributed by atoms with Crippen LogP contribution in [0.3, 0.4) is 0 Å².